The van der Waals surface area contributed by atoms with Gasteiger partial charge in [-0.15, -0.1) is 0 Å². The number of pyridine rings is 1. The Labute approximate surface area is 130 Å². The first-order chi connectivity index (χ1) is 10.8. The molecule has 0 saturated carbocycles. The molecule has 1 aromatic carbocycles. The molecular formula is C18H20N2O2. The van der Waals surface area contributed by atoms with Gasteiger partial charge in [-0.1, -0.05) is 18.2 Å². The second-order valence-corrected chi connectivity index (χ2v) is 5.60. The molecule has 1 unspecified atom stereocenters. The first kappa shape index (κ1) is 14.7. The van der Waals surface area contributed by atoms with Gasteiger partial charge in [-0.3, -0.25) is 9.78 Å². The number of amides is 1. The van der Waals surface area contributed by atoms with E-state index in [0.717, 1.165) is 42.9 Å². The van der Waals surface area contributed by atoms with Crippen molar-refractivity contribution in [2.75, 3.05) is 18.5 Å². The van der Waals surface area contributed by atoms with Crippen LogP contribution in [0.3, 0.4) is 0 Å². The predicted octanol–water partition coefficient (Wildman–Crippen LogP) is 3.50. The fourth-order valence-electron chi connectivity index (χ4n) is 2.73. The van der Waals surface area contributed by atoms with Crippen LogP contribution < -0.4 is 5.32 Å². The van der Waals surface area contributed by atoms with Gasteiger partial charge in [-0.25, -0.2) is 0 Å². The van der Waals surface area contributed by atoms with Gasteiger partial charge in [0.05, 0.1) is 0 Å². The van der Waals surface area contributed by atoms with Gasteiger partial charge in [-0.2, -0.15) is 0 Å². The number of hydrogen-bond acceptors (Lipinski definition) is 3. The van der Waals surface area contributed by atoms with Crippen LogP contribution in [0.1, 0.15) is 19.3 Å². The molecule has 1 N–H and O–H groups in total. The molecule has 0 spiro atoms. The number of nitrogens with zero attached hydrogens (tertiary/aromatic N) is 1. The lowest BCUT2D eigenvalue weighted by Gasteiger charge is -2.12. The number of rotatable bonds is 5. The summed E-state index contributed by atoms with van der Waals surface area (Å²) in [6, 6.07) is 11.7. The number of para-hydroxylation sites is 1. The predicted molar refractivity (Wildman–Crippen MR) is 86.5 cm³/mol. The van der Waals surface area contributed by atoms with Crippen molar-refractivity contribution >= 4 is 11.6 Å². The molecule has 1 atom stereocenters. The van der Waals surface area contributed by atoms with Crippen LogP contribution in [0.15, 0.2) is 48.8 Å². The number of aromatic nitrogens is 1. The highest BCUT2D eigenvalue weighted by Gasteiger charge is 2.17. The quantitative estimate of drug-likeness (QED) is 0.918. The fourth-order valence-corrected chi connectivity index (χ4v) is 2.73. The van der Waals surface area contributed by atoms with Crippen LogP contribution in [0.2, 0.25) is 0 Å². The van der Waals surface area contributed by atoms with Crippen molar-refractivity contribution in [1.82, 2.24) is 4.98 Å². The van der Waals surface area contributed by atoms with E-state index >= 15 is 0 Å². The molecule has 0 bridgehead atoms. The molecule has 0 aliphatic carbocycles. The molecule has 1 aromatic heterocycles. The maximum atomic E-state index is 12.2. The summed E-state index contributed by atoms with van der Waals surface area (Å²) in [6.45, 7) is 1.62. The van der Waals surface area contributed by atoms with Crippen molar-refractivity contribution in [3.05, 3.63) is 48.8 Å². The Morgan fingerprint density at radius 2 is 2.05 bits per heavy atom. The van der Waals surface area contributed by atoms with Crippen LogP contribution in [-0.4, -0.2) is 24.1 Å². The van der Waals surface area contributed by atoms with Gasteiger partial charge in [-0.05, 0) is 42.5 Å². The SMILES string of the molecule is O=C(CCC1CCOC1)Nc1ccccc1-c1ccncc1. The summed E-state index contributed by atoms with van der Waals surface area (Å²) >= 11 is 0. The molecule has 4 nitrogen and oxygen atoms in total. The minimum absolute atomic E-state index is 0.0633. The van der Waals surface area contributed by atoms with Crippen molar-refractivity contribution in [2.45, 2.75) is 19.3 Å². The summed E-state index contributed by atoms with van der Waals surface area (Å²) in [4.78, 5) is 16.2. The number of carbonyl (C=O) groups is 1. The molecule has 22 heavy (non-hydrogen) atoms. The summed E-state index contributed by atoms with van der Waals surface area (Å²) in [5, 5.41) is 3.03. The zero-order valence-corrected chi connectivity index (χ0v) is 12.5. The Balaban J connectivity index is 1.66. The number of ether oxygens (including phenoxy) is 1. The van der Waals surface area contributed by atoms with E-state index in [1.54, 1.807) is 12.4 Å². The lowest BCUT2D eigenvalue weighted by Crippen LogP contribution is -2.14. The summed E-state index contributed by atoms with van der Waals surface area (Å²) in [6.07, 6.45) is 6.02. The maximum Gasteiger partial charge on any atom is 0.224 e. The van der Waals surface area contributed by atoms with Crippen molar-refractivity contribution in [3.8, 4) is 11.1 Å². The number of hydrogen-bond donors (Lipinski definition) is 1. The topological polar surface area (TPSA) is 51.2 Å². The van der Waals surface area contributed by atoms with Gasteiger partial charge in [0, 0.05) is 43.3 Å². The van der Waals surface area contributed by atoms with Crippen LogP contribution in [0.5, 0.6) is 0 Å². The summed E-state index contributed by atoms with van der Waals surface area (Å²) in [5.41, 5.74) is 2.92. The van der Waals surface area contributed by atoms with E-state index < -0.39 is 0 Å². The second kappa shape index (κ2) is 7.18. The zero-order valence-electron chi connectivity index (χ0n) is 12.5. The average Bonchev–Trinajstić information content (AvgIpc) is 3.08. The summed E-state index contributed by atoms with van der Waals surface area (Å²) in [7, 11) is 0. The van der Waals surface area contributed by atoms with Gasteiger partial charge in [0.15, 0.2) is 0 Å². The lowest BCUT2D eigenvalue weighted by molar-refractivity contribution is -0.116. The molecule has 1 aliphatic rings. The van der Waals surface area contributed by atoms with Crippen LogP contribution in [-0.2, 0) is 9.53 Å². The smallest absolute Gasteiger partial charge is 0.224 e. The molecule has 1 amide bonds. The Morgan fingerprint density at radius 1 is 1.23 bits per heavy atom. The van der Waals surface area contributed by atoms with Gasteiger partial charge in [0.25, 0.3) is 0 Å². The largest absolute Gasteiger partial charge is 0.381 e. The normalized spacial score (nSPS) is 17.4. The molecule has 0 radical (unpaired) electrons. The number of carbonyl (C=O) groups excluding carboxylic acids is 1. The molecule has 2 heterocycles. The van der Waals surface area contributed by atoms with E-state index in [-0.39, 0.29) is 5.91 Å². The van der Waals surface area contributed by atoms with Gasteiger partial charge >= 0.3 is 0 Å². The molecular weight excluding hydrogens is 276 g/mol. The fraction of sp³-hybridized carbons (Fsp3) is 0.333. The second-order valence-electron chi connectivity index (χ2n) is 5.60. The molecule has 3 rings (SSSR count). The van der Waals surface area contributed by atoms with Gasteiger partial charge < -0.3 is 10.1 Å². The van der Waals surface area contributed by atoms with Crippen LogP contribution in [0, 0.1) is 5.92 Å². The third kappa shape index (κ3) is 3.71. The van der Waals surface area contributed by atoms with Crippen LogP contribution in [0.25, 0.3) is 11.1 Å². The van der Waals surface area contributed by atoms with Crippen molar-refractivity contribution in [3.63, 3.8) is 0 Å². The number of anilines is 1. The minimum Gasteiger partial charge on any atom is -0.381 e. The Morgan fingerprint density at radius 3 is 2.82 bits per heavy atom. The first-order valence-electron chi connectivity index (χ1n) is 7.70. The van der Waals surface area contributed by atoms with Gasteiger partial charge in [0.2, 0.25) is 5.91 Å². The van der Waals surface area contributed by atoms with Gasteiger partial charge in [0.1, 0.15) is 0 Å². The maximum absolute atomic E-state index is 12.2. The zero-order chi connectivity index (χ0) is 15.2. The van der Waals surface area contributed by atoms with Crippen molar-refractivity contribution in [1.29, 1.82) is 0 Å². The van der Waals surface area contributed by atoms with E-state index in [4.69, 9.17) is 4.74 Å². The number of benzene rings is 1. The highest BCUT2D eigenvalue weighted by molar-refractivity contribution is 5.95. The van der Waals surface area contributed by atoms with E-state index in [0.29, 0.717) is 12.3 Å². The standard InChI is InChI=1S/C18H20N2O2/c21-18(6-5-14-9-12-22-13-14)20-17-4-2-1-3-16(17)15-7-10-19-11-8-15/h1-4,7-8,10-11,14H,5-6,9,12-13H2,(H,20,21). The Hall–Kier alpha value is -2.20. The third-order valence-corrected chi connectivity index (χ3v) is 4.00. The Kier molecular flexibility index (Phi) is 4.81. The highest BCUT2D eigenvalue weighted by atomic mass is 16.5. The summed E-state index contributed by atoms with van der Waals surface area (Å²) in [5.74, 6) is 0.592. The highest BCUT2D eigenvalue weighted by Crippen LogP contribution is 2.27. The molecule has 114 valence electrons. The first-order valence-corrected chi connectivity index (χ1v) is 7.70. The van der Waals surface area contributed by atoms with E-state index in [1.165, 1.54) is 0 Å². The van der Waals surface area contributed by atoms with E-state index in [1.807, 2.05) is 36.4 Å². The van der Waals surface area contributed by atoms with Crippen LogP contribution >= 0.6 is 0 Å². The average molecular weight is 296 g/mol. The van der Waals surface area contributed by atoms with Crippen LogP contribution in [0.4, 0.5) is 5.69 Å². The number of nitrogens with one attached hydrogen (secondary N) is 1. The molecule has 1 aliphatic heterocycles. The van der Waals surface area contributed by atoms with Crippen molar-refractivity contribution < 1.29 is 9.53 Å². The van der Waals surface area contributed by atoms with E-state index in [9.17, 15) is 4.79 Å². The Bertz CT molecular complexity index is 622. The molecule has 2 aromatic rings. The monoisotopic (exact) mass is 296 g/mol. The molecule has 1 fully saturated rings. The van der Waals surface area contributed by atoms with E-state index in [2.05, 4.69) is 10.3 Å². The minimum atomic E-state index is 0.0633. The third-order valence-electron chi connectivity index (χ3n) is 4.00. The molecule has 1 saturated heterocycles. The lowest BCUT2D eigenvalue weighted by atomic mass is 10.0. The van der Waals surface area contributed by atoms with Crippen molar-refractivity contribution in [2.24, 2.45) is 5.92 Å². The molecule has 4 heteroatoms. The summed E-state index contributed by atoms with van der Waals surface area (Å²) < 4.78 is 5.35.